The van der Waals surface area contributed by atoms with Gasteiger partial charge in [-0.15, -0.1) is 0 Å². The van der Waals surface area contributed by atoms with Gasteiger partial charge in [-0.3, -0.25) is 9.59 Å². The van der Waals surface area contributed by atoms with E-state index in [1.807, 2.05) is 0 Å². The van der Waals surface area contributed by atoms with Crippen molar-refractivity contribution in [1.29, 1.82) is 0 Å². The van der Waals surface area contributed by atoms with Crippen molar-refractivity contribution < 1.29 is 171 Å². The SMILES string of the molecule is COc1cc(C=CC(=O)OC[C@]2(O[C@@H]3O[C@H](CO)[C@@H](OC(=O)C=Cc4ccc(O)c(OC)c4)[C@H](O[C@H]4O[C@@H](COC(C)=O)[C@H](OC(C)=O)[C@@H](O[C@@H]5O[C@@H](CO)[C@H](O)[C@H](O)[C@H]5O)[C@@H]4O)[C@H]3O[C@@H]3O[C@H](CO)[C@@H](O)[C@@H](O)[C@@H]3O)O[C@H](CO)[C@@H](O)[C@@H]2OC(=O)c2ccccc2)ccc1O. The number of rotatable bonds is 26. The smallest absolute Gasteiger partial charge is 0.338 e. The Bertz CT molecular complexity index is 3150. The van der Waals surface area contributed by atoms with Crippen molar-refractivity contribution >= 4 is 42.0 Å². The molecule has 5 saturated heterocycles. The molecule has 0 aliphatic carbocycles. The average molecular weight is 1370 g/mol. The standard InChI is InChI=1S/C61H76O35/c1-26(66)83-24-39-51(85-27(2)67)52(91-57-47(77)45(75)42(72)35(20-62)86-57)49(79)59(89-39)92-53-50(90-41(71)17-13-29-11-15-32(69)34(19-29)82-4)38(23-65)88-60(54(53)93-58-48(78)46(76)43(73)36(21-63)87-58)96-61(25-84-40(70)16-12-28-10-14-31(68)33(18-28)81-3)55(44(74)37(22-64)95-61)94-56(80)30-8-6-5-7-9-30/h5-19,35-39,42-55,57-60,62-65,68-69,72-79H,20-25H2,1-4H3/t35-,36+,37+,38+,39-,42-,43+,44+,45-,46+,47+,48-,49-,50+,51-,52-,53-,54+,55-,57-,58-,59+,60-,61+/m0/s1. The first-order valence-corrected chi connectivity index (χ1v) is 29.6. The van der Waals surface area contributed by atoms with Crippen LogP contribution in [0.1, 0.15) is 35.3 Å². The van der Waals surface area contributed by atoms with Crippen LogP contribution in [0.25, 0.3) is 12.2 Å². The minimum absolute atomic E-state index is 0.00293. The van der Waals surface area contributed by atoms with Gasteiger partial charge in [0.2, 0.25) is 5.79 Å². The van der Waals surface area contributed by atoms with Crippen LogP contribution < -0.4 is 9.47 Å². The molecule has 5 aliphatic rings. The third-order valence-electron chi connectivity index (χ3n) is 15.8. The summed E-state index contributed by atoms with van der Waals surface area (Å²) in [5.74, 6) is -9.47. The molecule has 0 bridgehead atoms. The van der Waals surface area contributed by atoms with Crippen LogP contribution in [-0.4, -0.2) is 302 Å². The highest BCUT2D eigenvalue weighted by Crippen LogP contribution is 2.43. The van der Waals surface area contributed by atoms with Gasteiger partial charge >= 0.3 is 29.8 Å². The number of ether oxygens (including phenoxy) is 16. The zero-order valence-corrected chi connectivity index (χ0v) is 51.5. The maximum atomic E-state index is 14.4. The number of phenolic OH excluding ortho intramolecular Hbond substituents is 2. The summed E-state index contributed by atoms with van der Waals surface area (Å²) in [7, 11) is 2.51. The number of hydrogen-bond donors (Lipinski definition) is 14. The topological polar surface area (TPSA) is 516 Å². The van der Waals surface area contributed by atoms with Gasteiger partial charge in [-0.2, -0.15) is 0 Å². The molecule has 35 heteroatoms. The lowest BCUT2D eigenvalue weighted by Crippen LogP contribution is -2.70. The van der Waals surface area contributed by atoms with Gasteiger partial charge in [0.1, 0.15) is 111 Å². The number of carbonyl (C=O) groups is 5. The molecule has 5 aliphatic heterocycles. The maximum Gasteiger partial charge on any atom is 0.338 e. The number of aliphatic hydroxyl groups excluding tert-OH is 12. The number of phenols is 2. The van der Waals surface area contributed by atoms with Crippen LogP contribution in [0.3, 0.4) is 0 Å². The van der Waals surface area contributed by atoms with Gasteiger partial charge in [-0.05, 0) is 59.7 Å². The summed E-state index contributed by atoms with van der Waals surface area (Å²) in [5.41, 5.74) is 0.317. The molecule has 14 N–H and O–H groups in total. The first-order chi connectivity index (χ1) is 45.8. The monoisotopic (exact) mass is 1370 g/mol. The molecule has 530 valence electrons. The second-order valence-corrected chi connectivity index (χ2v) is 22.3. The van der Waals surface area contributed by atoms with E-state index >= 15 is 0 Å². The molecule has 96 heavy (non-hydrogen) atoms. The average Bonchev–Trinajstić information content (AvgIpc) is 1.43. The summed E-state index contributed by atoms with van der Waals surface area (Å²) >= 11 is 0. The zero-order valence-electron chi connectivity index (χ0n) is 51.5. The van der Waals surface area contributed by atoms with Crippen LogP contribution >= 0.6 is 0 Å². The Morgan fingerprint density at radius 1 is 0.479 bits per heavy atom. The molecule has 0 spiro atoms. The molecule has 24 atom stereocenters. The van der Waals surface area contributed by atoms with Crippen LogP contribution in [0.5, 0.6) is 23.0 Å². The minimum Gasteiger partial charge on any atom is -0.504 e. The Morgan fingerprint density at radius 3 is 1.49 bits per heavy atom. The molecule has 0 unspecified atom stereocenters. The van der Waals surface area contributed by atoms with E-state index in [1.165, 1.54) is 81.0 Å². The molecule has 0 saturated carbocycles. The molecule has 0 radical (unpaired) electrons. The lowest BCUT2D eigenvalue weighted by atomic mass is 9.95. The van der Waals surface area contributed by atoms with Crippen molar-refractivity contribution in [3.05, 3.63) is 95.6 Å². The van der Waals surface area contributed by atoms with Crippen molar-refractivity contribution in [2.24, 2.45) is 0 Å². The Morgan fingerprint density at radius 2 is 0.969 bits per heavy atom. The predicted octanol–water partition coefficient (Wildman–Crippen LogP) is -4.96. The summed E-state index contributed by atoms with van der Waals surface area (Å²) in [5, 5.41) is 154. The summed E-state index contributed by atoms with van der Waals surface area (Å²) in [4.78, 5) is 67.8. The van der Waals surface area contributed by atoms with Gasteiger partial charge in [-0.25, -0.2) is 14.4 Å². The molecule has 0 aromatic heterocycles. The van der Waals surface area contributed by atoms with Crippen molar-refractivity contribution in [3.8, 4) is 23.0 Å². The fourth-order valence-corrected chi connectivity index (χ4v) is 10.9. The largest absolute Gasteiger partial charge is 0.504 e. The van der Waals surface area contributed by atoms with Crippen LogP contribution in [0.4, 0.5) is 0 Å². The Balaban J connectivity index is 1.30. The highest BCUT2D eigenvalue weighted by atomic mass is 16.8. The highest BCUT2D eigenvalue weighted by molar-refractivity contribution is 5.90. The summed E-state index contributed by atoms with van der Waals surface area (Å²) in [6.45, 7) is -4.85. The van der Waals surface area contributed by atoms with E-state index in [2.05, 4.69) is 0 Å². The van der Waals surface area contributed by atoms with E-state index in [-0.39, 0.29) is 39.7 Å². The summed E-state index contributed by atoms with van der Waals surface area (Å²) < 4.78 is 94.5. The van der Waals surface area contributed by atoms with Crippen molar-refractivity contribution in [2.45, 2.75) is 161 Å². The molecular weight excluding hydrogens is 1290 g/mol. The van der Waals surface area contributed by atoms with Crippen molar-refractivity contribution in [2.75, 3.05) is 53.9 Å². The number of aromatic hydroxyl groups is 2. The van der Waals surface area contributed by atoms with E-state index in [0.717, 1.165) is 32.1 Å². The third-order valence-corrected chi connectivity index (χ3v) is 15.8. The van der Waals surface area contributed by atoms with E-state index < -0.39 is 216 Å². The van der Waals surface area contributed by atoms with Gasteiger partial charge in [0.05, 0.1) is 46.2 Å². The molecule has 0 amide bonds. The van der Waals surface area contributed by atoms with Gasteiger partial charge in [0.15, 0.2) is 66.5 Å². The van der Waals surface area contributed by atoms with Crippen LogP contribution in [0.15, 0.2) is 78.9 Å². The fraction of sp³-hybridized carbons (Fsp3) is 0.557. The molecule has 8 rings (SSSR count). The zero-order chi connectivity index (χ0) is 69.9. The van der Waals surface area contributed by atoms with Crippen LogP contribution in [0, 0.1) is 0 Å². The van der Waals surface area contributed by atoms with E-state index in [0.29, 0.717) is 0 Å². The summed E-state index contributed by atoms with van der Waals surface area (Å²) in [6.07, 6.45) is -45.9. The van der Waals surface area contributed by atoms with Crippen LogP contribution in [-0.2, 0) is 85.5 Å². The first-order valence-electron chi connectivity index (χ1n) is 29.6. The molecule has 3 aromatic carbocycles. The number of carbonyl (C=O) groups excluding carboxylic acids is 5. The van der Waals surface area contributed by atoms with Gasteiger partial charge in [0, 0.05) is 26.0 Å². The number of methoxy groups -OCH3 is 2. The summed E-state index contributed by atoms with van der Waals surface area (Å²) in [6, 6.07) is 14.9. The van der Waals surface area contributed by atoms with E-state index in [9.17, 15) is 95.5 Å². The highest BCUT2D eigenvalue weighted by Gasteiger charge is 2.64. The van der Waals surface area contributed by atoms with Gasteiger partial charge in [-0.1, -0.05) is 30.3 Å². The van der Waals surface area contributed by atoms with Crippen molar-refractivity contribution in [1.82, 2.24) is 0 Å². The Labute approximate surface area is 545 Å². The molecule has 3 aromatic rings. The first kappa shape index (κ1) is 74.6. The quantitative estimate of drug-likeness (QED) is 0.0203. The third kappa shape index (κ3) is 17.4. The molecular formula is C61H76O35. The molecule has 35 nitrogen and oxygen atoms in total. The Kier molecular flexibility index (Phi) is 26.0. The fourth-order valence-electron chi connectivity index (χ4n) is 10.9. The minimum atomic E-state index is -3.02. The van der Waals surface area contributed by atoms with Crippen molar-refractivity contribution in [3.63, 3.8) is 0 Å². The number of esters is 5. The maximum absolute atomic E-state index is 14.4. The predicted molar refractivity (Wildman–Crippen MR) is 310 cm³/mol. The lowest BCUT2D eigenvalue weighted by Gasteiger charge is -2.51. The number of hydrogen-bond acceptors (Lipinski definition) is 35. The second kappa shape index (κ2) is 33.4. The van der Waals surface area contributed by atoms with Crippen LogP contribution in [0.2, 0.25) is 0 Å². The lowest BCUT2D eigenvalue weighted by molar-refractivity contribution is -0.423. The number of benzene rings is 3. The number of aliphatic hydroxyl groups is 12. The second-order valence-electron chi connectivity index (χ2n) is 22.3. The van der Waals surface area contributed by atoms with E-state index in [4.69, 9.17) is 75.8 Å². The van der Waals surface area contributed by atoms with Gasteiger partial charge in [0.25, 0.3) is 0 Å². The van der Waals surface area contributed by atoms with Gasteiger partial charge < -0.3 is 147 Å². The molecule has 5 heterocycles. The normalized spacial score (nSPS) is 35.4. The van der Waals surface area contributed by atoms with E-state index in [1.54, 1.807) is 6.07 Å². The Hall–Kier alpha value is -7.15. The molecule has 5 fully saturated rings.